The first-order chi connectivity index (χ1) is 8.47. The second kappa shape index (κ2) is 7.56. The smallest absolute Gasteiger partial charge is 0.0355 e. The molecule has 2 saturated carbocycles. The SMILES string of the molecule is CC1CCC2C(C)CCC2C1C.CCCC(C)C. The first-order valence-electron chi connectivity index (χ1n) is 8.47. The van der Waals surface area contributed by atoms with Crippen LogP contribution in [-0.2, 0) is 0 Å². The molecule has 0 bridgehead atoms. The van der Waals surface area contributed by atoms with Crippen LogP contribution < -0.4 is 0 Å². The van der Waals surface area contributed by atoms with Gasteiger partial charge in [0.25, 0.3) is 0 Å². The molecule has 0 heteroatoms. The van der Waals surface area contributed by atoms with Gasteiger partial charge in [-0.25, -0.2) is 0 Å². The zero-order valence-corrected chi connectivity index (χ0v) is 13.7. The van der Waals surface area contributed by atoms with E-state index in [0.717, 1.165) is 35.5 Å². The molecule has 108 valence electrons. The van der Waals surface area contributed by atoms with Gasteiger partial charge in [0, 0.05) is 0 Å². The van der Waals surface area contributed by atoms with Crippen LogP contribution >= 0.6 is 0 Å². The molecule has 2 aliphatic rings. The van der Waals surface area contributed by atoms with Crippen LogP contribution in [0.1, 0.15) is 80.1 Å². The van der Waals surface area contributed by atoms with Gasteiger partial charge in [0.1, 0.15) is 0 Å². The average Bonchev–Trinajstić information content (AvgIpc) is 2.67. The van der Waals surface area contributed by atoms with Crippen LogP contribution in [-0.4, -0.2) is 0 Å². The Morgan fingerprint density at radius 1 is 0.833 bits per heavy atom. The normalized spacial score (nSPS) is 39.2. The highest BCUT2D eigenvalue weighted by Crippen LogP contribution is 2.50. The van der Waals surface area contributed by atoms with E-state index in [1.54, 1.807) is 0 Å². The molecule has 0 heterocycles. The lowest BCUT2D eigenvalue weighted by molar-refractivity contribution is 0.119. The third-order valence-electron chi connectivity index (χ3n) is 5.63. The minimum atomic E-state index is 0.898. The maximum Gasteiger partial charge on any atom is -0.0355 e. The lowest BCUT2D eigenvalue weighted by Crippen LogP contribution is -2.30. The summed E-state index contributed by atoms with van der Waals surface area (Å²) in [5, 5.41) is 0. The molecule has 2 aliphatic carbocycles. The number of rotatable bonds is 2. The first-order valence-corrected chi connectivity index (χ1v) is 8.47. The quantitative estimate of drug-likeness (QED) is 0.552. The highest BCUT2D eigenvalue weighted by Gasteiger charge is 2.40. The first kappa shape index (κ1) is 16.1. The van der Waals surface area contributed by atoms with Crippen molar-refractivity contribution in [1.29, 1.82) is 0 Å². The third kappa shape index (κ3) is 4.28. The van der Waals surface area contributed by atoms with Crippen molar-refractivity contribution >= 4 is 0 Å². The molecular formula is C18H36. The molecule has 2 rings (SSSR count). The zero-order chi connectivity index (χ0) is 13.7. The van der Waals surface area contributed by atoms with Gasteiger partial charge in [-0.2, -0.15) is 0 Å². The Hall–Kier alpha value is 0. The van der Waals surface area contributed by atoms with Crippen molar-refractivity contribution in [3.05, 3.63) is 0 Å². The topological polar surface area (TPSA) is 0 Å². The molecule has 5 unspecified atom stereocenters. The summed E-state index contributed by atoms with van der Waals surface area (Å²) < 4.78 is 0. The van der Waals surface area contributed by atoms with Gasteiger partial charge in [0.15, 0.2) is 0 Å². The maximum absolute atomic E-state index is 2.49. The van der Waals surface area contributed by atoms with E-state index in [9.17, 15) is 0 Å². The summed E-state index contributed by atoms with van der Waals surface area (Å²) >= 11 is 0. The fourth-order valence-corrected chi connectivity index (χ4v) is 4.17. The lowest BCUT2D eigenvalue weighted by Gasteiger charge is -2.37. The molecule has 0 N–H and O–H groups in total. The van der Waals surface area contributed by atoms with Crippen molar-refractivity contribution in [1.82, 2.24) is 0 Å². The second-order valence-electron chi connectivity index (χ2n) is 7.48. The van der Waals surface area contributed by atoms with Crippen molar-refractivity contribution in [3.63, 3.8) is 0 Å². The van der Waals surface area contributed by atoms with E-state index in [1.807, 2.05) is 0 Å². The summed E-state index contributed by atoms with van der Waals surface area (Å²) in [4.78, 5) is 0. The zero-order valence-electron chi connectivity index (χ0n) is 13.7. The highest BCUT2D eigenvalue weighted by molar-refractivity contribution is 4.90. The van der Waals surface area contributed by atoms with Gasteiger partial charge >= 0.3 is 0 Å². The van der Waals surface area contributed by atoms with Crippen LogP contribution in [0.3, 0.4) is 0 Å². The van der Waals surface area contributed by atoms with Crippen LogP contribution in [0.15, 0.2) is 0 Å². The summed E-state index contributed by atoms with van der Waals surface area (Å²) in [5.41, 5.74) is 0. The molecule has 0 amide bonds. The van der Waals surface area contributed by atoms with Crippen LogP contribution in [0.2, 0.25) is 0 Å². The maximum atomic E-state index is 2.49. The summed E-state index contributed by atoms with van der Waals surface area (Å²) in [5.74, 6) is 6.12. The molecule has 0 saturated heterocycles. The monoisotopic (exact) mass is 252 g/mol. The van der Waals surface area contributed by atoms with Gasteiger partial charge in [0.2, 0.25) is 0 Å². The summed E-state index contributed by atoms with van der Waals surface area (Å²) in [7, 11) is 0. The lowest BCUT2D eigenvalue weighted by atomic mass is 9.68. The minimum Gasteiger partial charge on any atom is -0.0654 e. The molecule has 0 aromatic carbocycles. The number of hydrogen-bond acceptors (Lipinski definition) is 0. The van der Waals surface area contributed by atoms with E-state index >= 15 is 0 Å². The average molecular weight is 252 g/mol. The second-order valence-corrected chi connectivity index (χ2v) is 7.48. The van der Waals surface area contributed by atoms with Crippen molar-refractivity contribution in [3.8, 4) is 0 Å². The number of hydrogen-bond donors (Lipinski definition) is 0. The summed E-state index contributed by atoms with van der Waals surface area (Å²) in [6, 6.07) is 0. The molecule has 18 heavy (non-hydrogen) atoms. The molecule has 0 aliphatic heterocycles. The molecule has 0 aromatic rings. The van der Waals surface area contributed by atoms with E-state index in [2.05, 4.69) is 41.5 Å². The van der Waals surface area contributed by atoms with E-state index in [1.165, 1.54) is 38.5 Å². The highest BCUT2D eigenvalue weighted by atomic mass is 14.5. The predicted octanol–water partition coefficient (Wildman–Crippen LogP) is 6.16. The van der Waals surface area contributed by atoms with Gasteiger partial charge in [0.05, 0.1) is 0 Å². The van der Waals surface area contributed by atoms with Crippen LogP contribution in [0.5, 0.6) is 0 Å². The molecule has 0 nitrogen and oxygen atoms in total. The Balaban J connectivity index is 0.000000232. The molecular weight excluding hydrogens is 216 g/mol. The van der Waals surface area contributed by atoms with Crippen molar-refractivity contribution in [2.24, 2.45) is 35.5 Å². The minimum absolute atomic E-state index is 0.898. The van der Waals surface area contributed by atoms with Crippen molar-refractivity contribution < 1.29 is 0 Å². The fraction of sp³-hybridized carbons (Fsp3) is 1.00. The van der Waals surface area contributed by atoms with Crippen LogP contribution in [0.25, 0.3) is 0 Å². The third-order valence-corrected chi connectivity index (χ3v) is 5.63. The van der Waals surface area contributed by atoms with E-state index < -0.39 is 0 Å². The van der Waals surface area contributed by atoms with Gasteiger partial charge in [-0.15, -0.1) is 0 Å². The van der Waals surface area contributed by atoms with Gasteiger partial charge < -0.3 is 0 Å². The predicted molar refractivity (Wildman–Crippen MR) is 82.7 cm³/mol. The Kier molecular flexibility index (Phi) is 6.74. The van der Waals surface area contributed by atoms with E-state index in [4.69, 9.17) is 0 Å². The standard InChI is InChI=1S/C12H22.C6H14/c1-8-4-6-11-9(2)5-7-12(11)10(8)3;1-4-5-6(2)3/h8-12H,4-7H2,1-3H3;6H,4-5H2,1-3H3. The fourth-order valence-electron chi connectivity index (χ4n) is 4.17. The Morgan fingerprint density at radius 3 is 1.89 bits per heavy atom. The number of fused-ring (bicyclic) bond motifs is 1. The Bertz CT molecular complexity index is 218. The van der Waals surface area contributed by atoms with Gasteiger partial charge in [-0.1, -0.05) is 67.2 Å². The van der Waals surface area contributed by atoms with Crippen molar-refractivity contribution in [2.75, 3.05) is 0 Å². The Labute approximate surface area is 116 Å². The molecule has 0 spiro atoms. The van der Waals surface area contributed by atoms with Gasteiger partial charge in [-0.3, -0.25) is 0 Å². The largest absolute Gasteiger partial charge is 0.0654 e. The van der Waals surface area contributed by atoms with E-state index in [-0.39, 0.29) is 0 Å². The van der Waals surface area contributed by atoms with Crippen LogP contribution in [0, 0.1) is 35.5 Å². The van der Waals surface area contributed by atoms with Crippen molar-refractivity contribution in [2.45, 2.75) is 80.1 Å². The van der Waals surface area contributed by atoms with Crippen LogP contribution in [0.4, 0.5) is 0 Å². The molecule has 0 radical (unpaired) electrons. The van der Waals surface area contributed by atoms with Gasteiger partial charge in [-0.05, 0) is 48.3 Å². The molecule has 2 fully saturated rings. The summed E-state index contributed by atoms with van der Waals surface area (Å²) in [6.45, 7) is 14.1. The summed E-state index contributed by atoms with van der Waals surface area (Å²) in [6.07, 6.45) is 8.76. The molecule has 5 atom stereocenters. The Morgan fingerprint density at radius 2 is 1.39 bits per heavy atom. The van der Waals surface area contributed by atoms with E-state index in [0.29, 0.717) is 0 Å². The molecule has 0 aromatic heterocycles.